The van der Waals surface area contributed by atoms with Gasteiger partial charge >= 0.3 is 0 Å². The molecule has 1 aromatic heterocycles. The minimum Gasteiger partial charge on any atom is -0.493 e. The molecule has 0 aliphatic carbocycles. The molecule has 9 heteroatoms. The van der Waals surface area contributed by atoms with Gasteiger partial charge in [-0.05, 0) is 42.0 Å². The Kier molecular flexibility index (Phi) is 7.21. The smallest absolute Gasteiger partial charge is 0.173 e. The zero-order valence-electron chi connectivity index (χ0n) is 17.2. The van der Waals surface area contributed by atoms with Crippen molar-refractivity contribution in [2.45, 2.75) is 5.03 Å². The van der Waals surface area contributed by atoms with E-state index in [0.29, 0.717) is 33.2 Å². The third kappa shape index (κ3) is 4.62. The highest BCUT2D eigenvalue weighted by Gasteiger charge is 2.22. The largest absolute Gasteiger partial charge is 0.493 e. The Balaban J connectivity index is 2.05. The number of nitriles is 2. The number of aromatic nitrogens is 1. The zero-order chi connectivity index (χ0) is 23.3. The number of carbonyl (C=O) groups is 1. The van der Waals surface area contributed by atoms with E-state index in [9.17, 15) is 15.3 Å². The van der Waals surface area contributed by atoms with Gasteiger partial charge in [0.25, 0.3) is 0 Å². The number of methoxy groups -OCH3 is 2. The number of halogens is 1. The lowest BCUT2D eigenvalue weighted by molar-refractivity contribution is 0.102. The van der Waals surface area contributed by atoms with Crippen molar-refractivity contribution in [3.8, 4) is 34.8 Å². The highest BCUT2D eigenvalue weighted by atomic mass is 35.5. The molecule has 0 fully saturated rings. The van der Waals surface area contributed by atoms with Crippen molar-refractivity contribution >= 4 is 35.0 Å². The van der Waals surface area contributed by atoms with Crippen LogP contribution in [0.1, 0.15) is 21.5 Å². The number of hydrogen-bond acceptors (Lipinski definition) is 8. The van der Waals surface area contributed by atoms with Crippen molar-refractivity contribution in [3.63, 3.8) is 0 Å². The minimum absolute atomic E-state index is 0.0278. The molecule has 3 aromatic rings. The van der Waals surface area contributed by atoms with Crippen molar-refractivity contribution in [2.75, 3.05) is 25.7 Å². The van der Waals surface area contributed by atoms with E-state index in [0.717, 1.165) is 11.8 Å². The molecule has 2 aromatic carbocycles. The van der Waals surface area contributed by atoms with Crippen LogP contribution in [0.2, 0.25) is 5.02 Å². The third-order valence-corrected chi connectivity index (χ3v) is 5.82. The predicted octanol–water partition coefficient (Wildman–Crippen LogP) is 4.72. The molecule has 2 N–H and O–H groups in total. The van der Waals surface area contributed by atoms with Crippen LogP contribution in [-0.2, 0) is 0 Å². The van der Waals surface area contributed by atoms with Crippen LogP contribution in [0.15, 0.2) is 47.5 Å². The van der Waals surface area contributed by atoms with E-state index < -0.39 is 0 Å². The number of nitrogens with two attached hydrogens (primary N) is 1. The molecule has 0 bridgehead atoms. The number of nitrogen functional groups attached to an aromatic ring is 1. The average molecular weight is 465 g/mol. The first-order valence-electron chi connectivity index (χ1n) is 9.21. The molecule has 0 amide bonds. The maximum atomic E-state index is 12.6. The highest BCUT2D eigenvalue weighted by molar-refractivity contribution is 8.00. The van der Waals surface area contributed by atoms with Crippen LogP contribution in [-0.4, -0.2) is 30.7 Å². The number of pyridine rings is 1. The summed E-state index contributed by atoms with van der Waals surface area (Å²) in [6, 6.07) is 15.7. The number of ether oxygens (including phenoxy) is 2. The Labute approximate surface area is 194 Å². The lowest BCUT2D eigenvalue weighted by Crippen LogP contribution is -2.06. The molecule has 0 saturated heterocycles. The molecular weight excluding hydrogens is 448 g/mol. The van der Waals surface area contributed by atoms with Gasteiger partial charge in [-0.2, -0.15) is 10.5 Å². The summed E-state index contributed by atoms with van der Waals surface area (Å²) in [7, 11) is 3.00. The summed E-state index contributed by atoms with van der Waals surface area (Å²) < 4.78 is 10.6. The molecule has 0 aliphatic rings. The van der Waals surface area contributed by atoms with Gasteiger partial charge in [0.15, 0.2) is 17.3 Å². The Hall–Kier alpha value is -3.72. The molecule has 0 atom stereocenters. The van der Waals surface area contributed by atoms with Gasteiger partial charge in [-0.3, -0.25) is 4.79 Å². The van der Waals surface area contributed by atoms with Crippen molar-refractivity contribution in [2.24, 2.45) is 0 Å². The topological polar surface area (TPSA) is 122 Å². The van der Waals surface area contributed by atoms with Crippen LogP contribution >= 0.6 is 23.4 Å². The summed E-state index contributed by atoms with van der Waals surface area (Å²) in [4.78, 5) is 16.8. The van der Waals surface area contributed by atoms with Gasteiger partial charge in [0.1, 0.15) is 28.5 Å². The Morgan fingerprint density at radius 3 is 2.31 bits per heavy atom. The molecule has 0 unspecified atom stereocenters. The van der Waals surface area contributed by atoms with E-state index in [2.05, 4.69) is 11.1 Å². The maximum absolute atomic E-state index is 12.6. The second-order valence-corrected chi connectivity index (χ2v) is 7.84. The molecule has 32 heavy (non-hydrogen) atoms. The Bertz CT molecular complexity index is 1260. The quantitative estimate of drug-likeness (QED) is 0.393. The van der Waals surface area contributed by atoms with Gasteiger partial charge in [0.05, 0.1) is 25.5 Å². The number of nitrogens with zero attached hydrogens (tertiary/aromatic N) is 3. The summed E-state index contributed by atoms with van der Waals surface area (Å²) >= 11 is 6.95. The summed E-state index contributed by atoms with van der Waals surface area (Å²) in [6.45, 7) is 0. The summed E-state index contributed by atoms with van der Waals surface area (Å²) in [5.74, 6) is 0.768. The second kappa shape index (κ2) is 10.1. The molecule has 0 aliphatic heterocycles. The number of Topliss-reactive ketones (excluding diaryl/α,β-unsaturated/α-hetero) is 1. The fourth-order valence-electron chi connectivity index (χ4n) is 3.04. The maximum Gasteiger partial charge on any atom is 0.173 e. The van der Waals surface area contributed by atoms with Gasteiger partial charge in [0.2, 0.25) is 0 Å². The number of anilines is 1. The minimum atomic E-state index is -0.159. The monoisotopic (exact) mass is 464 g/mol. The molecule has 1 heterocycles. The van der Waals surface area contributed by atoms with Crippen molar-refractivity contribution in [1.29, 1.82) is 10.5 Å². The van der Waals surface area contributed by atoms with Gasteiger partial charge in [0, 0.05) is 16.1 Å². The molecule has 0 spiro atoms. The number of ketones is 1. The first-order chi connectivity index (χ1) is 15.4. The van der Waals surface area contributed by atoms with E-state index in [1.54, 1.807) is 42.5 Å². The summed E-state index contributed by atoms with van der Waals surface area (Å²) in [5.41, 5.74) is 7.61. The van der Waals surface area contributed by atoms with Crippen molar-refractivity contribution in [3.05, 3.63) is 64.2 Å². The van der Waals surface area contributed by atoms with Crippen LogP contribution in [0.5, 0.6) is 11.5 Å². The normalized spacial score (nSPS) is 10.2. The van der Waals surface area contributed by atoms with Crippen LogP contribution in [0.25, 0.3) is 11.1 Å². The fourth-order valence-corrected chi connectivity index (χ4v) is 4.05. The molecule has 7 nitrogen and oxygen atoms in total. The standard InChI is InChI=1S/C23H17ClN4O3S/c1-30-19-8-5-14(9-20(19)31-2)21-16(10-25)22(27)28-23(17(21)11-26)32-12-18(29)13-3-6-15(24)7-4-13/h3-9H,12H2,1-2H3,(H2,27,28). The van der Waals surface area contributed by atoms with Crippen LogP contribution in [0, 0.1) is 22.7 Å². The fraction of sp³-hybridized carbons (Fsp3) is 0.130. The molecule has 160 valence electrons. The highest BCUT2D eigenvalue weighted by Crippen LogP contribution is 2.39. The molecule has 0 saturated carbocycles. The Morgan fingerprint density at radius 1 is 1.06 bits per heavy atom. The van der Waals surface area contributed by atoms with Gasteiger partial charge < -0.3 is 15.2 Å². The predicted molar refractivity (Wildman–Crippen MR) is 123 cm³/mol. The number of rotatable bonds is 7. The number of benzene rings is 2. The van der Waals surface area contributed by atoms with E-state index in [1.165, 1.54) is 14.2 Å². The third-order valence-electron chi connectivity index (χ3n) is 4.59. The van der Waals surface area contributed by atoms with Crippen LogP contribution in [0.3, 0.4) is 0 Å². The SMILES string of the molecule is COc1ccc(-c2c(C#N)c(N)nc(SCC(=O)c3ccc(Cl)cc3)c2C#N)cc1OC. The zero-order valence-corrected chi connectivity index (χ0v) is 18.8. The van der Waals surface area contributed by atoms with Crippen LogP contribution < -0.4 is 15.2 Å². The van der Waals surface area contributed by atoms with E-state index >= 15 is 0 Å². The van der Waals surface area contributed by atoms with E-state index in [1.807, 2.05) is 6.07 Å². The summed E-state index contributed by atoms with van der Waals surface area (Å²) in [6.07, 6.45) is 0. The lowest BCUT2D eigenvalue weighted by atomic mass is 9.96. The average Bonchev–Trinajstić information content (AvgIpc) is 2.81. The number of carbonyl (C=O) groups excluding carboxylic acids is 1. The van der Waals surface area contributed by atoms with Gasteiger partial charge in [-0.25, -0.2) is 4.98 Å². The van der Waals surface area contributed by atoms with Crippen molar-refractivity contribution < 1.29 is 14.3 Å². The Morgan fingerprint density at radius 2 is 1.72 bits per heavy atom. The first kappa shape index (κ1) is 23.0. The molecule has 0 radical (unpaired) electrons. The van der Waals surface area contributed by atoms with E-state index in [4.69, 9.17) is 26.8 Å². The lowest BCUT2D eigenvalue weighted by Gasteiger charge is -2.15. The van der Waals surface area contributed by atoms with Gasteiger partial charge in [-0.15, -0.1) is 0 Å². The van der Waals surface area contributed by atoms with Crippen LogP contribution in [0.4, 0.5) is 5.82 Å². The molecule has 3 rings (SSSR count). The number of hydrogen-bond donors (Lipinski definition) is 1. The van der Waals surface area contributed by atoms with Gasteiger partial charge in [-0.1, -0.05) is 29.4 Å². The number of thioether (sulfide) groups is 1. The second-order valence-electron chi connectivity index (χ2n) is 6.44. The van der Waals surface area contributed by atoms with E-state index in [-0.39, 0.29) is 33.5 Å². The molecular formula is C23H17ClN4O3S. The van der Waals surface area contributed by atoms with Crippen molar-refractivity contribution in [1.82, 2.24) is 4.98 Å². The first-order valence-corrected chi connectivity index (χ1v) is 10.6. The summed E-state index contributed by atoms with van der Waals surface area (Å²) in [5, 5.41) is 20.4.